The molecule has 6 nitrogen and oxygen atoms in total. The Balaban J connectivity index is 1.52. The molecule has 0 aliphatic rings. The van der Waals surface area contributed by atoms with Crippen LogP contribution in [0.4, 0.5) is 5.69 Å². The Bertz CT molecular complexity index is 967. The van der Waals surface area contributed by atoms with Gasteiger partial charge in [0.05, 0.1) is 22.2 Å². The molecule has 0 bridgehead atoms. The van der Waals surface area contributed by atoms with E-state index >= 15 is 0 Å². The standard InChI is InChI=1S/C20H17N3O3S/c24-19(10-9-16-7-4-8-18(11-16)23(25)26)21-13-17-14-27-20(22-17)12-15-5-2-1-3-6-15/h1-11,14H,12-13H2,(H,21,24)/b10-9+. The molecule has 3 rings (SSSR count). The van der Waals surface area contributed by atoms with Crippen molar-refractivity contribution in [3.8, 4) is 0 Å². The van der Waals surface area contributed by atoms with Crippen LogP contribution in [0.3, 0.4) is 0 Å². The molecule has 1 amide bonds. The number of benzene rings is 2. The highest BCUT2D eigenvalue weighted by molar-refractivity contribution is 7.09. The predicted molar refractivity (Wildman–Crippen MR) is 105 cm³/mol. The molecule has 136 valence electrons. The number of nitro benzene ring substituents is 1. The van der Waals surface area contributed by atoms with E-state index in [-0.39, 0.29) is 11.6 Å². The Labute approximate surface area is 160 Å². The monoisotopic (exact) mass is 379 g/mol. The van der Waals surface area contributed by atoms with Crippen molar-refractivity contribution in [2.45, 2.75) is 13.0 Å². The summed E-state index contributed by atoms with van der Waals surface area (Å²) in [5, 5.41) is 16.5. The van der Waals surface area contributed by atoms with Crippen molar-refractivity contribution in [3.05, 3.63) is 98.0 Å². The summed E-state index contributed by atoms with van der Waals surface area (Å²) in [5.74, 6) is -0.279. The summed E-state index contributed by atoms with van der Waals surface area (Å²) in [5.41, 5.74) is 2.59. The average Bonchev–Trinajstić information content (AvgIpc) is 3.13. The van der Waals surface area contributed by atoms with E-state index in [9.17, 15) is 14.9 Å². The molecule has 0 radical (unpaired) electrons. The molecule has 27 heavy (non-hydrogen) atoms. The Morgan fingerprint density at radius 2 is 2.00 bits per heavy atom. The molecule has 7 heteroatoms. The third-order valence-corrected chi connectivity index (χ3v) is 4.65. The molecule has 1 aromatic heterocycles. The van der Waals surface area contributed by atoms with Gasteiger partial charge in [-0.25, -0.2) is 4.98 Å². The van der Waals surface area contributed by atoms with Gasteiger partial charge in [0.1, 0.15) is 0 Å². The van der Waals surface area contributed by atoms with Gasteiger partial charge in [-0.1, -0.05) is 42.5 Å². The van der Waals surface area contributed by atoms with Gasteiger partial charge >= 0.3 is 0 Å². The summed E-state index contributed by atoms with van der Waals surface area (Å²) in [6, 6.07) is 16.2. The van der Waals surface area contributed by atoms with E-state index in [1.165, 1.54) is 23.8 Å². The van der Waals surface area contributed by atoms with Gasteiger partial charge < -0.3 is 5.32 Å². The van der Waals surface area contributed by atoms with Crippen molar-refractivity contribution < 1.29 is 9.72 Å². The number of hydrogen-bond acceptors (Lipinski definition) is 5. The number of aromatic nitrogens is 1. The molecular formula is C20H17N3O3S. The van der Waals surface area contributed by atoms with E-state index < -0.39 is 4.92 Å². The molecule has 0 saturated heterocycles. The quantitative estimate of drug-likeness (QED) is 0.382. The van der Waals surface area contributed by atoms with E-state index in [2.05, 4.69) is 22.4 Å². The second-order valence-corrected chi connectivity index (χ2v) is 6.74. The molecule has 1 heterocycles. The van der Waals surface area contributed by atoms with Crippen LogP contribution in [-0.2, 0) is 17.8 Å². The molecule has 0 aliphatic heterocycles. The van der Waals surface area contributed by atoms with E-state index in [0.29, 0.717) is 12.1 Å². The summed E-state index contributed by atoms with van der Waals surface area (Å²) in [6.07, 6.45) is 3.67. The number of thiazole rings is 1. The van der Waals surface area contributed by atoms with Gasteiger partial charge in [0, 0.05) is 30.0 Å². The van der Waals surface area contributed by atoms with E-state index in [1.54, 1.807) is 29.5 Å². The van der Waals surface area contributed by atoms with E-state index in [1.807, 2.05) is 23.6 Å². The van der Waals surface area contributed by atoms with Crippen LogP contribution in [0.5, 0.6) is 0 Å². The first kappa shape index (κ1) is 18.5. The normalized spacial score (nSPS) is 10.8. The number of nitro groups is 1. The van der Waals surface area contributed by atoms with Crippen LogP contribution >= 0.6 is 11.3 Å². The number of hydrogen-bond donors (Lipinski definition) is 1. The van der Waals surface area contributed by atoms with Crippen LogP contribution in [0.1, 0.15) is 21.8 Å². The van der Waals surface area contributed by atoms with Crippen molar-refractivity contribution in [1.29, 1.82) is 0 Å². The second-order valence-electron chi connectivity index (χ2n) is 5.80. The van der Waals surface area contributed by atoms with Gasteiger partial charge in [-0.2, -0.15) is 0 Å². The topological polar surface area (TPSA) is 85.1 Å². The predicted octanol–water partition coefficient (Wildman–Crippen LogP) is 3.97. The van der Waals surface area contributed by atoms with Crippen LogP contribution in [0.15, 0.2) is 66.1 Å². The lowest BCUT2D eigenvalue weighted by molar-refractivity contribution is -0.384. The van der Waals surface area contributed by atoms with Crippen molar-refractivity contribution in [2.24, 2.45) is 0 Å². The van der Waals surface area contributed by atoms with Gasteiger partial charge in [-0.05, 0) is 17.2 Å². The highest BCUT2D eigenvalue weighted by Gasteiger charge is 2.06. The average molecular weight is 379 g/mol. The van der Waals surface area contributed by atoms with E-state index in [4.69, 9.17) is 0 Å². The molecule has 0 aliphatic carbocycles. The van der Waals surface area contributed by atoms with Gasteiger partial charge in [-0.15, -0.1) is 11.3 Å². The molecule has 0 spiro atoms. The first-order valence-electron chi connectivity index (χ1n) is 8.28. The van der Waals surface area contributed by atoms with Crippen molar-refractivity contribution in [2.75, 3.05) is 0 Å². The third kappa shape index (κ3) is 5.58. The smallest absolute Gasteiger partial charge is 0.270 e. The minimum atomic E-state index is -0.466. The Hall–Kier alpha value is -3.32. The number of non-ortho nitro benzene ring substituents is 1. The Kier molecular flexibility index (Phi) is 6.06. The number of carbonyl (C=O) groups is 1. The van der Waals surface area contributed by atoms with Crippen LogP contribution in [0.2, 0.25) is 0 Å². The molecule has 0 saturated carbocycles. The lowest BCUT2D eigenvalue weighted by Crippen LogP contribution is -2.20. The van der Waals surface area contributed by atoms with Crippen LogP contribution in [0.25, 0.3) is 6.08 Å². The molecule has 0 unspecified atom stereocenters. The number of nitrogens with zero attached hydrogens (tertiary/aromatic N) is 2. The number of amides is 1. The fourth-order valence-corrected chi connectivity index (χ4v) is 3.26. The maximum Gasteiger partial charge on any atom is 0.270 e. The van der Waals surface area contributed by atoms with Gasteiger partial charge in [0.15, 0.2) is 0 Å². The minimum Gasteiger partial charge on any atom is -0.347 e. The maximum absolute atomic E-state index is 12.0. The summed E-state index contributed by atoms with van der Waals surface area (Å²) in [6.45, 7) is 0.337. The molecular weight excluding hydrogens is 362 g/mol. The first-order chi connectivity index (χ1) is 13.1. The molecule has 0 atom stereocenters. The van der Waals surface area contributed by atoms with Crippen LogP contribution in [-0.4, -0.2) is 15.8 Å². The van der Waals surface area contributed by atoms with Gasteiger partial charge in [0.25, 0.3) is 5.69 Å². The highest BCUT2D eigenvalue weighted by Crippen LogP contribution is 2.15. The first-order valence-corrected chi connectivity index (χ1v) is 9.16. The lowest BCUT2D eigenvalue weighted by Gasteiger charge is -1.99. The zero-order valence-electron chi connectivity index (χ0n) is 14.4. The summed E-state index contributed by atoms with van der Waals surface area (Å²) >= 11 is 1.57. The fraction of sp³-hybridized carbons (Fsp3) is 0.100. The fourth-order valence-electron chi connectivity index (χ4n) is 2.43. The van der Waals surface area contributed by atoms with Crippen LogP contribution < -0.4 is 5.32 Å². The summed E-state index contributed by atoms with van der Waals surface area (Å²) in [4.78, 5) is 26.8. The van der Waals surface area contributed by atoms with Gasteiger partial charge in [-0.3, -0.25) is 14.9 Å². The Morgan fingerprint density at radius 3 is 2.78 bits per heavy atom. The number of carbonyl (C=O) groups excluding carboxylic acids is 1. The SMILES string of the molecule is O=C(/C=C/c1cccc([N+](=O)[O-])c1)NCc1csc(Cc2ccccc2)n1. The molecule has 2 aromatic carbocycles. The Morgan fingerprint density at radius 1 is 1.19 bits per heavy atom. The molecule has 0 fully saturated rings. The number of nitrogens with one attached hydrogen (secondary N) is 1. The summed E-state index contributed by atoms with van der Waals surface area (Å²) < 4.78 is 0. The lowest BCUT2D eigenvalue weighted by atomic mass is 10.2. The van der Waals surface area contributed by atoms with Crippen LogP contribution in [0, 0.1) is 10.1 Å². The molecule has 3 aromatic rings. The second kappa shape index (κ2) is 8.86. The van der Waals surface area contributed by atoms with Gasteiger partial charge in [0.2, 0.25) is 5.91 Å². The van der Waals surface area contributed by atoms with Crippen molar-refractivity contribution >= 4 is 29.0 Å². The van der Waals surface area contributed by atoms with Crippen molar-refractivity contribution in [3.63, 3.8) is 0 Å². The highest BCUT2D eigenvalue weighted by atomic mass is 32.1. The van der Waals surface area contributed by atoms with Crippen molar-refractivity contribution in [1.82, 2.24) is 10.3 Å². The molecule has 1 N–H and O–H groups in total. The number of rotatable bonds is 7. The maximum atomic E-state index is 12.0. The largest absolute Gasteiger partial charge is 0.347 e. The van der Waals surface area contributed by atoms with E-state index in [0.717, 1.165) is 17.1 Å². The zero-order chi connectivity index (χ0) is 19.1. The zero-order valence-corrected chi connectivity index (χ0v) is 15.2. The summed E-state index contributed by atoms with van der Waals surface area (Å²) in [7, 11) is 0. The minimum absolute atomic E-state index is 0.00835. The third-order valence-electron chi connectivity index (χ3n) is 3.75.